The fraction of sp³-hybridized carbons (Fsp3) is 0.385. The van der Waals surface area contributed by atoms with Crippen molar-refractivity contribution in [3.63, 3.8) is 0 Å². The molecule has 0 saturated heterocycles. The maximum atomic E-state index is 12.9. The number of hydrogen-bond acceptors (Lipinski definition) is 6. The molecule has 0 N–H and O–H groups in total. The molecule has 209 valence electrons. The number of rotatable bonds is 10. The van der Waals surface area contributed by atoms with Crippen molar-refractivity contribution in [2.45, 2.75) is 40.3 Å². The molecule has 1 radical (unpaired) electrons. The monoisotopic (exact) mass is 611 g/mol. The molecular weight excluding hydrogens is 581 g/mol. The van der Waals surface area contributed by atoms with Gasteiger partial charge in [-0.3, -0.25) is 0 Å². The van der Waals surface area contributed by atoms with E-state index >= 15 is 0 Å². The number of halogens is 3. The van der Waals surface area contributed by atoms with E-state index in [2.05, 4.69) is 20.4 Å². The standard InChI is InChI=1S/C26H33F3N6S2.Cu/c1-5-34(6-2)24(36)32-30-22(20-12-10-9-11-13-20)23(31-33-25(37)35(7-3)8-4)21-16-14-19(15-17-21)18-26(27,28)29;/h9-17H,5-8,18H2,1-4H3,(H,32,36)(H,33,37);/q;+2/p-2/b30-22+,31-23+;. The first kappa shape index (κ1) is 33.5. The molecule has 0 aromatic heterocycles. The minimum atomic E-state index is -4.31. The molecule has 0 heterocycles. The number of benzene rings is 2. The van der Waals surface area contributed by atoms with Crippen molar-refractivity contribution in [2.24, 2.45) is 20.4 Å². The van der Waals surface area contributed by atoms with Gasteiger partial charge >= 0.3 is 23.2 Å². The summed E-state index contributed by atoms with van der Waals surface area (Å²) < 4.78 is 38.7. The molecule has 38 heavy (non-hydrogen) atoms. The molecule has 0 aliphatic heterocycles. The van der Waals surface area contributed by atoms with E-state index in [4.69, 9.17) is 25.3 Å². The van der Waals surface area contributed by atoms with Gasteiger partial charge in [-0.2, -0.15) is 23.4 Å². The molecule has 0 spiro atoms. The van der Waals surface area contributed by atoms with E-state index < -0.39 is 12.6 Å². The first-order chi connectivity index (χ1) is 17.6. The van der Waals surface area contributed by atoms with Gasteiger partial charge in [-0.1, -0.05) is 54.6 Å². The summed E-state index contributed by atoms with van der Waals surface area (Å²) in [6.45, 7) is 10.5. The van der Waals surface area contributed by atoms with Crippen LogP contribution in [0.3, 0.4) is 0 Å². The Kier molecular flexibility index (Phi) is 14.5. The summed E-state index contributed by atoms with van der Waals surface area (Å²) >= 11 is 10.9. The van der Waals surface area contributed by atoms with Gasteiger partial charge < -0.3 is 35.1 Å². The molecule has 2 aromatic rings. The molecule has 0 amide bonds. The van der Waals surface area contributed by atoms with Gasteiger partial charge in [0.15, 0.2) is 0 Å². The Morgan fingerprint density at radius 2 is 1.05 bits per heavy atom. The molecule has 0 unspecified atom stereocenters. The van der Waals surface area contributed by atoms with Gasteiger partial charge in [0.2, 0.25) is 0 Å². The summed E-state index contributed by atoms with van der Waals surface area (Å²) in [6.07, 6.45) is -5.33. The fourth-order valence-corrected chi connectivity index (χ4v) is 3.99. The molecular formula is C26H31CuF3N6S2. The predicted octanol–water partition coefficient (Wildman–Crippen LogP) is 5.39. The molecule has 12 heteroatoms. The maximum Gasteiger partial charge on any atom is 2.00 e. The molecule has 2 rings (SSSR count). The van der Waals surface area contributed by atoms with Crippen molar-refractivity contribution in [3.05, 3.63) is 71.3 Å². The quantitative estimate of drug-likeness (QED) is 0.119. The average molecular weight is 612 g/mol. The van der Waals surface area contributed by atoms with Crippen LogP contribution in [0.15, 0.2) is 75.0 Å². The van der Waals surface area contributed by atoms with Crippen molar-refractivity contribution < 1.29 is 30.2 Å². The average Bonchev–Trinajstić information content (AvgIpc) is 2.87. The number of nitrogens with zero attached hydrogens (tertiary/aromatic N) is 6. The van der Waals surface area contributed by atoms with Crippen LogP contribution in [-0.4, -0.2) is 63.9 Å². The number of amidine groups is 2. The van der Waals surface area contributed by atoms with Gasteiger partial charge in [-0.25, -0.2) is 0 Å². The zero-order chi connectivity index (χ0) is 27.4. The molecule has 0 atom stereocenters. The topological polar surface area (TPSA) is 55.9 Å². The van der Waals surface area contributed by atoms with Gasteiger partial charge in [-0.05, 0) is 33.3 Å². The summed E-state index contributed by atoms with van der Waals surface area (Å²) in [7, 11) is 0. The minimum Gasteiger partial charge on any atom is -0.741 e. The molecule has 0 aliphatic rings. The zero-order valence-corrected chi connectivity index (χ0v) is 24.2. The molecule has 0 bridgehead atoms. The molecule has 0 fully saturated rings. The van der Waals surface area contributed by atoms with Crippen LogP contribution in [0.5, 0.6) is 0 Å². The van der Waals surface area contributed by atoms with Crippen LogP contribution >= 0.6 is 0 Å². The van der Waals surface area contributed by atoms with E-state index in [1.165, 1.54) is 12.1 Å². The normalized spacial score (nSPS) is 13.2. The van der Waals surface area contributed by atoms with Crippen LogP contribution in [0.1, 0.15) is 44.4 Å². The Morgan fingerprint density at radius 1 is 0.658 bits per heavy atom. The molecule has 6 nitrogen and oxygen atoms in total. The smallest absolute Gasteiger partial charge is 0.741 e. The molecule has 0 aliphatic carbocycles. The van der Waals surface area contributed by atoms with Crippen molar-refractivity contribution in [1.82, 2.24) is 9.80 Å². The second kappa shape index (κ2) is 16.4. The van der Waals surface area contributed by atoms with Gasteiger partial charge in [0.1, 0.15) is 11.4 Å². The summed E-state index contributed by atoms with van der Waals surface area (Å²) in [4.78, 5) is 3.74. The van der Waals surface area contributed by atoms with Crippen LogP contribution in [0.25, 0.3) is 0 Å². The number of hydrogen-bond donors (Lipinski definition) is 0. The maximum absolute atomic E-state index is 12.9. The van der Waals surface area contributed by atoms with Crippen LogP contribution in [0, 0.1) is 0 Å². The van der Waals surface area contributed by atoms with Crippen LogP contribution < -0.4 is 0 Å². The van der Waals surface area contributed by atoms with Gasteiger partial charge in [0.05, 0.1) is 6.42 Å². The van der Waals surface area contributed by atoms with Crippen LogP contribution in [-0.2, 0) is 48.7 Å². The summed E-state index contributed by atoms with van der Waals surface area (Å²) in [5.41, 5.74) is 2.02. The second-order valence-electron chi connectivity index (χ2n) is 7.86. The first-order valence-electron chi connectivity index (χ1n) is 12.0. The third kappa shape index (κ3) is 10.3. The Hall–Kier alpha value is -2.53. The van der Waals surface area contributed by atoms with E-state index in [-0.39, 0.29) is 22.6 Å². The van der Waals surface area contributed by atoms with Gasteiger partial charge in [0, 0.05) is 47.6 Å². The van der Waals surface area contributed by atoms with Crippen molar-refractivity contribution in [1.29, 1.82) is 0 Å². The van der Waals surface area contributed by atoms with E-state index in [0.29, 0.717) is 59.1 Å². The number of alkyl halides is 3. The largest absolute Gasteiger partial charge is 2.00 e. The minimum absolute atomic E-state index is 0. The zero-order valence-electron chi connectivity index (χ0n) is 21.7. The van der Waals surface area contributed by atoms with Crippen molar-refractivity contribution in [2.75, 3.05) is 26.2 Å². The third-order valence-electron chi connectivity index (χ3n) is 5.44. The molecule has 0 saturated carbocycles. The van der Waals surface area contributed by atoms with Crippen molar-refractivity contribution >= 4 is 47.0 Å². The van der Waals surface area contributed by atoms with Gasteiger partial charge in [0.25, 0.3) is 0 Å². The summed E-state index contributed by atoms with van der Waals surface area (Å²) in [5.74, 6) is 0. The Balaban J connectivity index is 0.00000722. The van der Waals surface area contributed by atoms with E-state index in [1.54, 1.807) is 12.1 Å². The first-order valence-corrected chi connectivity index (χ1v) is 12.8. The Labute approximate surface area is 244 Å². The van der Waals surface area contributed by atoms with E-state index in [0.717, 1.165) is 0 Å². The third-order valence-corrected chi connectivity index (χ3v) is 6.12. The van der Waals surface area contributed by atoms with E-state index in [1.807, 2.05) is 67.8 Å². The SMILES string of the molecule is CCN(CC)/C([S-])=N/N=C(/C(=N/N=C(\[S-])N(CC)CC)c1ccc(CC(F)(F)F)cc1)c1ccccc1.[Cu+2]. The Bertz CT molecular complexity index is 1110. The van der Waals surface area contributed by atoms with Crippen LogP contribution in [0.4, 0.5) is 13.2 Å². The summed E-state index contributed by atoms with van der Waals surface area (Å²) in [6, 6.07) is 15.2. The summed E-state index contributed by atoms with van der Waals surface area (Å²) in [5, 5.41) is 18.1. The predicted molar refractivity (Wildman–Crippen MR) is 151 cm³/mol. The Morgan fingerprint density at radius 3 is 1.42 bits per heavy atom. The second-order valence-corrected chi connectivity index (χ2v) is 8.59. The van der Waals surface area contributed by atoms with Gasteiger partial charge in [-0.15, -0.1) is 10.2 Å². The fourth-order valence-electron chi connectivity index (χ4n) is 3.39. The van der Waals surface area contributed by atoms with Crippen molar-refractivity contribution in [3.8, 4) is 0 Å². The van der Waals surface area contributed by atoms with Crippen LogP contribution in [0.2, 0.25) is 0 Å². The van der Waals surface area contributed by atoms with E-state index in [9.17, 15) is 13.2 Å². The molecule has 2 aromatic carbocycles.